The summed E-state index contributed by atoms with van der Waals surface area (Å²) in [6, 6.07) is 35.5. The highest BCUT2D eigenvalue weighted by Gasteiger charge is 2.84. The van der Waals surface area contributed by atoms with E-state index < -0.39 is 0 Å². The third-order valence-electron chi connectivity index (χ3n) is 14.0. The van der Waals surface area contributed by atoms with Crippen molar-refractivity contribution in [3.05, 3.63) is 113 Å². The van der Waals surface area contributed by atoms with Gasteiger partial charge >= 0.3 is 0 Å². The quantitative estimate of drug-likeness (QED) is 0.240. The second-order valence-corrected chi connectivity index (χ2v) is 16.5. The Morgan fingerprint density at radius 1 is 0.558 bits per heavy atom. The van der Waals surface area contributed by atoms with E-state index in [-0.39, 0.29) is 16.2 Å². The van der Waals surface area contributed by atoms with E-state index >= 15 is 0 Å². The monoisotopic (exact) mass is 561 g/mol. The van der Waals surface area contributed by atoms with Gasteiger partial charge in [-0.2, -0.15) is 0 Å². The van der Waals surface area contributed by atoms with E-state index in [0.29, 0.717) is 5.41 Å². The first kappa shape index (κ1) is 25.1. The van der Waals surface area contributed by atoms with Crippen LogP contribution in [0.15, 0.2) is 91.0 Å². The molecule has 10 rings (SSSR count). The third kappa shape index (κ3) is 2.83. The lowest BCUT2D eigenvalue weighted by molar-refractivity contribution is -0.231. The van der Waals surface area contributed by atoms with Crippen molar-refractivity contribution in [2.75, 3.05) is 4.90 Å². The summed E-state index contributed by atoms with van der Waals surface area (Å²) in [7, 11) is 0. The molecule has 6 atom stereocenters. The summed E-state index contributed by atoms with van der Waals surface area (Å²) in [6.07, 6.45) is 8.44. The molecular formula is C42H43N. The summed E-state index contributed by atoms with van der Waals surface area (Å²) in [4.78, 5) is 2.52. The Morgan fingerprint density at radius 3 is 2.00 bits per heavy atom. The van der Waals surface area contributed by atoms with Gasteiger partial charge in [-0.3, -0.25) is 0 Å². The van der Waals surface area contributed by atoms with Crippen LogP contribution in [0.2, 0.25) is 0 Å². The van der Waals surface area contributed by atoms with E-state index in [1.807, 2.05) is 0 Å². The minimum absolute atomic E-state index is 0.175. The van der Waals surface area contributed by atoms with Crippen LogP contribution in [-0.4, -0.2) is 0 Å². The molecule has 1 nitrogen and oxygen atoms in total. The lowest BCUT2D eigenvalue weighted by Gasteiger charge is -2.76. The van der Waals surface area contributed by atoms with Gasteiger partial charge in [0.1, 0.15) is 0 Å². The van der Waals surface area contributed by atoms with E-state index in [9.17, 15) is 0 Å². The molecule has 0 aliphatic heterocycles. The average molecular weight is 562 g/mol. The van der Waals surface area contributed by atoms with Crippen LogP contribution in [0.1, 0.15) is 88.5 Å². The summed E-state index contributed by atoms with van der Waals surface area (Å²) in [6.45, 7) is 9.73. The molecule has 4 fully saturated rings. The Morgan fingerprint density at radius 2 is 1.21 bits per heavy atom. The molecule has 6 aliphatic carbocycles. The normalized spacial score (nSPS) is 34.0. The van der Waals surface area contributed by atoms with Crippen molar-refractivity contribution in [2.24, 2.45) is 29.1 Å². The topological polar surface area (TPSA) is 3.24 Å². The summed E-state index contributed by atoms with van der Waals surface area (Å²) in [5.74, 6) is 3.72. The lowest BCUT2D eigenvalue weighted by Crippen LogP contribution is -2.73. The van der Waals surface area contributed by atoms with E-state index in [4.69, 9.17) is 0 Å². The maximum atomic E-state index is 2.57. The number of nitrogens with zero attached hydrogens (tertiary/aromatic N) is 1. The van der Waals surface area contributed by atoms with Gasteiger partial charge in [0, 0.05) is 22.5 Å². The molecule has 6 unspecified atom stereocenters. The number of rotatable bonds is 3. The minimum atomic E-state index is 0.175. The number of para-hydroxylation sites is 1. The minimum Gasteiger partial charge on any atom is -0.310 e. The van der Waals surface area contributed by atoms with E-state index in [0.717, 1.165) is 23.7 Å². The molecule has 4 aromatic rings. The summed E-state index contributed by atoms with van der Waals surface area (Å²) in [5, 5.41) is 0. The summed E-state index contributed by atoms with van der Waals surface area (Å²) in [5.41, 5.74) is 14.4. The molecule has 216 valence electrons. The van der Waals surface area contributed by atoms with Crippen LogP contribution < -0.4 is 4.90 Å². The highest BCUT2D eigenvalue weighted by Crippen LogP contribution is 2.89. The first-order valence-electron chi connectivity index (χ1n) is 17.0. The Bertz CT molecular complexity index is 1830. The SMILES string of the molecule is CC1(C)CCC(C)(C)c2cc(N(c3ccccc3)c3ccc4c(c3)-c3ccccc3C43C4CC5CC6CC3C64C5)ccc21. The highest BCUT2D eigenvalue weighted by atomic mass is 15.1. The molecular weight excluding hydrogens is 518 g/mol. The van der Waals surface area contributed by atoms with E-state index in [2.05, 4.69) is 124 Å². The van der Waals surface area contributed by atoms with E-state index in [1.165, 1.54) is 77.8 Å². The van der Waals surface area contributed by atoms with Crippen molar-refractivity contribution in [1.82, 2.24) is 0 Å². The highest BCUT2D eigenvalue weighted by molar-refractivity contribution is 5.88. The van der Waals surface area contributed by atoms with Gasteiger partial charge in [-0.15, -0.1) is 0 Å². The zero-order valence-corrected chi connectivity index (χ0v) is 26.2. The van der Waals surface area contributed by atoms with Gasteiger partial charge in [0.2, 0.25) is 0 Å². The molecule has 2 bridgehead atoms. The number of hydrogen-bond donors (Lipinski definition) is 0. The van der Waals surface area contributed by atoms with E-state index in [1.54, 1.807) is 11.1 Å². The average Bonchev–Trinajstić information content (AvgIpc) is 3.64. The maximum Gasteiger partial charge on any atom is 0.0468 e. The number of hydrogen-bond acceptors (Lipinski definition) is 1. The fourth-order valence-corrected chi connectivity index (χ4v) is 12.2. The standard InChI is InChI=1S/C42H43N/c1-39(2)18-19-40(3,4)36-24-30(15-17-35(36)39)43(28-10-6-5-7-11-28)29-14-16-34-32(23-29)31-12-8-9-13-33(31)42(34)37-21-26-20-27-22-38(42)41(27,37)25-26/h5-17,23-24,26-27,37-38H,18-22,25H2,1-4H3. The van der Waals surface area contributed by atoms with Crippen LogP contribution >= 0.6 is 0 Å². The predicted molar refractivity (Wildman–Crippen MR) is 177 cm³/mol. The molecule has 1 heteroatoms. The van der Waals surface area contributed by atoms with Crippen LogP contribution in [0.25, 0.3) is 11.1 Å². The number of anilines is 3. The van der Waals surface area contributed by atoms with Crippen molar-refractivity contribution >= 4 is 17.1 Å². The van der Waals surface area contributed by atoms with Crippen molar-refractivity contribution in [1.29, 1.82) is 0 Å². The molecule has 0 N–H and O–H groups in total. The number of fused-ring (bicyclic) bond motifs is 9. The Kier molecular flexibility index (Phi) is 4.57. The van der Waals surface area contributed by atoms with Crippen LogP contribution in [0.3, 0.4) is 0 Å². The van der Waals surface area contributed by atoms with Crippen molar-refractivity contribution in [3.8, 4) is 11.1 Å². The zero-order chi connectivity index (χ0) is 28.9. The fourth-order valence-electron chi connectivity index (χ4n) is 12.2. The maximum absolute atomic E-state index is 2.57. The van der Waals surface area contributed by atoms with Gasteiger partial charge in [0.05, 0.1) is 0 Å². The Labute approximate surface area is 257 Å². The Balaban J connectivity index is 1.15. The molecule has 4 aromatic carbocycles. The number of benzene rings is 4. The molecule has 0 radical (unpaired) electrons. The van der Waals surface area contributed by atoms with Gasteiger partial charge in [0.25, 0.3) is 0 Å². The van der Waals surface area contributed by atoms with Gasteiger partial charge in [-0.1, -0.05) is 82.3 Å². The zero-order valence-electron chi connectivity index (χ0n) is 26.2. The van der Waals surface area contributed by atoms with Crippen molar-refractivity contribution in [2.45, 2.75) is 82.5 Å². The van der Waals surface area contributed by atoms with Crippen LogP contribution in [0.4, 0.5) is 17.1 Å². The first-order valence-corrected chi connectivity index (χ1v) is 17.0. The van der Waals surface area contributed by atoms with Crippen LogP contribution in [0.5, 0.6) is 0 Å². The van der Waals surface area contributed by atoms with Crippen LogP contribution in [0, 0.1) is 29.1 Å². The second-order valence-electron chi connectivity index (χ2n) is 16.5. The third-order valence-corrected chi connectivity index (χ3v) is 14.0. The molecule has 6 aliphatic rings. The molecule has 2 spiro atoms. The molecule has 43 heavy (non-hydrogen) atoms. The summed E-state index contributed by atoms with van der Waals surface area (Å²) >= 11 is 0. The smallest absolute Gasteiger partial charge is 0.0468 e. The second kappa shape index (κ2) is 7.84. The van der Waals surface area contributed by atoms with Gasteiger partial charge in [-0.05, 0) is 148 Å². The van der Waals surface area contributed by atoms with Crippen molar-refractivity contribution < 1.29 is 0 Å². The van der Waals surface area contributed by atoms with Crippen LogP contribution in [-0.2, 0) is 16.2 Å². The van der Waals surface area contributed by atoms with Gasteiger partial charge in [0.15, 0.2) is 0 Å². The van der Waals surface area contributed by atoms with Gasteiger partial charge < -0.3 is 4.90 Å². The molecule has 0 aromatic heterocycles. The largest absolute Gasteiger partial charge is 0.310 e. The molecule has 0 amide bonds. The Hall–Kier alpha value is -3.32. The molecule has 4 saturated carbocycles. The first-order chi connectivity index (χ1) is 20.7. The lowest BCUT2D eigenvalue weighted by atomic mass is 9.27. The predicted octanol–water partition coefficient (Wildman–Crippen LogP) is 10.8. The molecule has 0 heterocycles. The van der Waals surface area contributed by atoms with Crippen molar-refractivity contribution in [3.63, 3.8) is 0 Å². The molecule has 0 saturated heterocycles. The van der Waals surface area contributed by atoms with Gasteiger partial charge in [-0.25, -0.2) is 0 Å². The summed E-state index contributed by atoms with van der Waals surface area (Å²) < 4.78 is 0. The fraction of sp³-hybridized carbons (Fsp3) is 0.429.